The number of benzene rings is 3. The van der Waals surface area contributed by atoms with Gasteiger partial charge in [-0.05, 0) is 24.1 Å². The number of rotatable bonds is 1. The smallest absolute Gasteiger partial charge is 0.252 e. The van der Waals surface area contributed by atoms with E-state index in [2.05, 4.69) is 35.0 Å². The number of nitrogens with zero attached hydrogens (tertiary/aromatic N) is 2. The Morgan fingerprint density at radius 3 is 2.40 bits per heavy atom. The van der Waals surface area contributed by atoms with Gasteiger partial charge in [0, 0.05) is 46.1 Å². The fourth-order valence-corrected chi connectivity index (χ4v) is 5.83. The SMILES string of the molecule is CCC1CC(=O)n2c3ccccc3c3c4c(c5c6ccccc6n1c5c32)C(=O)NC4. The van der Waals surface area contributed by atoms with Gasteiger partial charge in [0.05, 0.1) is 22.1 Å². The molecule has 5 heteroatoms. The summed E-state index contributed by atoms with van der Waals surface area (Å²) in [6.07, 6.45) is 1.30. The average molecular weight is 393 g/mol. The van der Waals surface area contributed by atoms with Crippen LogP contribution in [0.15, 0.2) is 48.5 Å². The van der Waals surface area contributed by atoms with Crippen LogP contribution >= 0.6 is 0 Å². The molecule has 146 valence electrons. The summed E-state index contributed by atoms with van der Waals surface area (Å²) < 4.78 is 4.25. The monoisotopic (exact) mass is 393 g/mol. The maximum Gasteiger partial charge on any atom is 0.252 e. The van der Waals surface area contributed by atoms with E-state index in [0.717, 1.165) is 61.2 Å². The summed E-state index contributed by atoms with van der Waals surface area (Å²) in [5.41, 5.74) is 5.80. The molecule has 4 heterocycles. The second-order valence-electron chi connectivity index (χ2n) is 8.38. The van der Waals surface area contributed by atoms with Gasteiger partial charge in [-0.1, -0.05) is 43.3 Å². The van der Waals surface area contributed by atoms with Crippen molar-refractivity contribution in [1.29, 1.82) is 0 Å². The summed E-state index contributed by atoms with van der Waals surface area (Å²) >= 11 is 0. The molecule has 0 spiro atoms. The molecule has 1 amide bonds. The van der Waals surface area contributed by atoms with Crippen LogP contribution in [-0.2, 0) is 6.54 Å². The van der Waals surface area contributed by atoms with Crippen molar-refractivity contribution < 1.29 is 9.59 Å². The minimum absolute atomic E-state index is 0.0183. The van der Waals surface area contributed by atoms with E-state index in [1.165, 1.54) is 0 Å². The number of aromatic nitrogens is 2. The van der Waals surface area contributed by atoms with Crippen molar-refractivity contribution in [2.45, 2.75) is 32.4 Å². The van der Waals surface area contributed by atoms with Crippen LogP contribution in [0.3, 0.4) is 0 Å². The minimum atomic E-state index is -0.0183. The van der Waals surface area contributed by atoms with Gasteiger partial charge in [0.15, 0.2) is 0 Å². The molecule has 1 atom stereocenters. The minimum Gasteiger partial charge on any atom is -0.348 e. The maximum atomic E-state index is 13.5. The predicted octanol–water partition coefficient (Wildman–Crippen LogP) is 5.14. The van der Waals surface area contributed by atoms with Gasteiger partial charge in [0.1, 0.15) is 0 Å². The number of amides is 1. The molecule has 5 nitrogen and oxygen atoms in total. The lowest BCUT2D eigenvalue weighted by Crippen LogP contribution is -2.14. The zero-order valence-corrected chi connectivity index (χ0v) is 16.5. The van der Waals surface area contributed by atoms with E-state index in [9.17, 15) is 9.59 Å². The van der Waals surface area contributed by atoms with E-state index in [1.807, 2.05) is 34.9 Å². The van der Waals surface area contributed by atoms with E-state index < -0.39 is 0 Å². The summed E-state index contributed by atoms with van der Waals surface area (Å²) in [5.74, 6) is 0.106. The Balaban J connectivity index is 1.92. The normalized spacial score (nSPS) is 18.1. The average Bonchev–Trinajstić information content (AvgIpc) is 3.39. The van der Waals surface area contributed by atoms with Gasteiger partial charge >= 0.3 is 0 Å². The zero-order valence-electron chi connectivity index (χ0n) is 16.5. The number of fused-ring (bicyclic) bond motifs is 9. The number of para-hydroxylation sites is 2. The van der Waals surface area contributed by atoms with Crippen molar-refractivity contribution >= 4 is 55.4 Å². The number of carbonyl (C=O) groups excluding carboxylic acids is 2. The third kappa shape index (κ3) is 1.67. The van der Waals surface area contributed by atoms with Gasteiger partial charge in [0.2, 0.25) is 5.91 Å². The topological polar surface area (TPSA) is 56.0 Å². The van der Waals surface area contributed by atoms with E-state index >= 15 is 0 Å². The van der Waals surface area contributed by atoms with Crippen LogP contribution in [0.25, 0.3) is 43.6 Å². The highest BCUT2D eigenvalue weighted by Gasteiger charge is 2.36. The lowest BCUT2D eigenvalue weighted by molar-refractivity contribution is 0.0894. The molecule has 0 fully saturated rings. The van der Waals surface area contributed by atoms with E-state index in [-0.39, 0.29) is 17.9 Å². The van der Waals surface area contributed by atoms with E-state index in [1.54, 1.807) is 0 Å². The Morgan fingerprint density at radius 1 is 0.933 bits per heavy atom. The van der Waals surface area contributed by atoms with Crippen LogP contribution < -0.4 is 5.32 Å². The van der Waals surface area contributed by atoms with Gasteiger partial charge in [0.25, 0.3) is 5.91 Å². The molecule has 0 saturated heterocycles. The van der Waals surface area contributed by atoms with Crippen LogP contribution in [0.5, 0.6) is 0 Å². The molecule has 30 heavy (non-hydrogen) atoms. The van der Waals surface area contributed by atoms with Gasteiger partial charge in [-0.15, -0.1) is 0 Å². The molecule has 0 radical (unpaired) electrons. The first-order chi connectivity index (χ1) is 14.7. The fraction of sp³-hybridized carbons (Fsp3) is 0.200. The second-order valence-corrected chi connectivity index (χ2v) is 8.38. The predicted molar refractivity (Wildman–Crippen MR) is 118 cm³/mol. The van der Waals surface area contributed by atoms with E-state index in [0.29, 0.717) is 13.0 Å². The van der Waals surface area contributed by atoms with Crippen LogP contribution in [-0.4, -0.2) is 20.9 Å². The van der Waals surface area contributed by atoms with Crippen LogP contribution in [0, 0.1) is 0 Å². The summed E-state index contributed by atoms with van der Waals surface area (Å²) in [6, 6.07) is 16.4. The first-order valence-corrected chi connectivity index (χ1v) is 10.5. The quantitative estimate of drug-likeness (QED) is 0.429. The number of carbonyl (C=O) groups is 2. The van der Waals surface area contributed by atoms with Crippen molar-refractivity contribution in [2.24, 2.45) is 0 Å². The van der Waals surface area contributed by atoms with E-state index in [4.69, 9.17) is 0 Å². The van der Waals surface area contributed by atoms with Crippen molar-refractivity contribution in [3.8, 4) is 0 Å². The molecule has 3 aromatic carbocycles. The number of hydrogen-bond acceptors (Lipinski definition) is 2. The van der Waals surface area contributed by atoms with Crippen molar-refractivity contribution in [3.05, 3.63) is 59.7 Å². The molecule has 1 unspecified atom stereocenters. The maximum absolute atomic E-state index is 13.5. The van der Waals surface area contributed by atoms with Crippen LogP contribution in [0.2, 0.25) is 0 Å². The van der Waals surface area contributed by atoms with Gasteiger partial charge in [-0.25, -0.2) is 0 Å². The van der Waals surface area contributed by atoms with Gasteiger partial charge in [-0.2, -0.15) is 0 Å². The summed E-state index contributed by atoms with van der Waals surface area (Å²) in [7, 11) is 0. The lowest BCUT2D eigenvalue weighted by Gasteiger charge is -2.17. The van der Waals surface area contributed by atoms with Gasteiger partial charge < -0.3 is 9.88 Å². The molecule has 5 aromatic rings. The number of nitrogens with one attached hydrogen (secondary N) is 1. The van der Waals surface area contributed by atoms with Crippen molar-refractivity contribution in [3.63, 3.8) is 0 Å². The molecule has 0 bridgehead atoms. The Kier molecular flexibility index (Phi) is 2.87. The summed E-state index contributed by atoms with van der Waals surface area (Å²) in [6.45, 7) is 2.63. The molecular weight excluding hydrogens is 374 g/mol. The second kappa shape index (κ2) is 5.30. The zero-order chi connectivity index (χ0) is 20.1. The van der Waals surface area contributed by atoms with Crippen molar-refractivity contribution in [1.82, 2.24) is 14.5 Å². The third-order valence-corrected chi connectivity index (χ3v) is 7.01. The number of hydrogen-bond donors (Lipinski definition) is 1. The molecule has 1 N–H and O–H groups in total. The standard InChI is InChI=1S/C25H19N3O2/c1-2-13-11-19(29)28-18-10-6-3-7-14(18)20-16-12-26-25(30)22(16)21-15-8-4-5-9-17(15)27(13)24(21)23(20)28/h3-10,13H,2,11-12H2,1H3,(H,26,30). The fourth-order valence-electron chi connectivity index (χ4n) is 5.83. The highest BCUT2D eigenvalue weighted by atomic mass is 16.2. The first kappa shape index (κ1) is 16.2. The van der Waals surface area contributed by atoms with Crippen molar-refractivity contribution in [2.75, 3.05) is 0 Å². The highest BCUT2D eigenvalue weighted by molar-refractivity contribution is 6.32. The Morgan fingerprint density at radius 2 is 1.63 bits per heavy atom. The summed E-state index contributed by atoms with van der Waals surface area (Å²) in [4.78, 5) is 26.6. The summed E-state index contributed by atoms with van der Waals surface area (Å²) in [5, 5.41) is 7.21. The largest absolute Gasteiger partial charge is 0.348 e. The lowest BCUT2D eigenvalue weighted by atomic mass is 9.97. The molecule has 2 aliphatic heterocycles. The molecule has 0 saturated carbocycles. The molecule has 2 aliphatic rings. The molecular formula is C25H19N3O2. The molecule has 0 aliphatic carbocycles. The Labute approximate surface area is 171 Å². The molecule has 2 aromatic heterocycles. The van der Waals surface area contributed by atoms with Gasteiger partial charge in [-0.3, -0.25) is 14.2 Å². The highest BCUT2D eigenvalue weighted by Crippen LogP contribution is 2.47. The first-order valence-electron chi connectivity index (χ1n) is 10.5. The Bertz CT molecular complexity index is 1600. The Hall–Kier alpha value is -3.60. The van der Waals surface area contributed by atoms with Crippen LogP contribution in [0.1, 0.15) is 46.5 Å². The van der Waals surface area contributed by atoms with Crippen LogP contribution in [0.4, 0.5) is 0 Å². The third-order valence-electron chi connectivity index (χ3n) is 7.01. The molecule has 7 rings (SSSR count).